The second kappa shape index (κ2) is 8.57. The van der Waals surface area contributed by atoms with Crippen LogP contribution in [0.1, 0.15) is 38.0 Å². The first-order valence-electron chi connectivity index (χ1n) is 9.39. The van der Waals surface area contributed by atoms with Crippen molar-refractivity contribution in [3.05, 3.63) is 102 Å². The number of anilines is 1. The molecule has 152 valence electrons. The third-order valence-electron chi connectivity index (χ3n) is 4.62. The van der Waals surface area contributed by atoms with E-state index in [2.05, 4.69) is 5.32 Å². The van der Waals surface area contributed by atoms with E-state index < -0.39 is 0 Å². The number of rotatable bonds is 7. The maximum atomic E-state index is 13.3. The molecule has 0 bridgehead atoms. The fourth-order valence-corrected chi connectivity index (χ4v) is 3.04. The lowest BCUT2D eigenvalue weighted by atomic mass is 10.1. The van der Waals surface area contributed by atoms with Gasteiger partial charge in [0.1, 0.15) is 11.5 Å². The van der Waals surface area contributed by atoms with Crippen molar-refractivity contribution in [2.75, 3.05) is 5.32 Å². The zero-order valence-electron chi connectivity index (χ0n) is 16.3. The van der Waals surface area contributed by atoms with E-state index in [4.69, 9.17) is 13.3 Å². The Labute approximate surface area is 172 Å². The molecule has 30 heavy (non-hydrogen) atoms. The quantitative estimate of drug-likeness (QED) is 0.475. The van der Waals surface area contributed by atoms with Crippen LogP contribution in [0, 0.1) is 6.92 Å². The first-order valence-corrected chi connectivity index (χ1v) is 9.39. The number of aryl methyl sites for hydroxylation is 1. The van der Waals surface area contributed by atoms with Gasteiger partial charge in [-0.15, -0.1) is 0 Å². The molecule has 4 rings (SSSR count). The van der Waals surface area contributed by atoms with Crippen LogP contribution >= 0.6 is 0 Å². The highest BCUT2D eigenvalue weighted by Crippen LogP contribution is 2.21. The zero-order valence-corrected chi connectivity index (χ0v) is 16.3. The largest absolute Gasteiger partial charge is 0.467 e. The minimum Gasteiger partial charge on any atom is -0.467 e. The van der Waals surface area contributed by atoms with Crippen molar-refractivity contribution in [2.24, 2.45) is 0 Å². The molecule has 7 heteroatoms. The fourth-order valence-electron chi connectivity index (χ4n) is 3.04. The van der Waals surface area contributed by atoms with Gasteiger partial charge in [-0.05, 0) is 61.0 Å². The summed E-state index contributed by atoms with van der Waals surface area (Å²) in [6.45, 7) is 2.43. The molecule has 0 fully saturated rings. The molecule has 7 nitrogen and oxygen atoms in total. The first-order chi connectivity index (χ1) is 14.6. The predicted molar refractivity (Wildman–Crippen MR) is 109 cm³/mol. The average molecular weight is 404 g/mol. The van der Waals surface area contributed by atoms with E-state index in [9.17, 15) is 9.59 Å². The highest BCUT2D eigenvalue weighted by atomic mass is 16.3. The molecule has 0 aliphatic heterocycles. The number of carbonyl (C=O) groups is 2. The van der Waals surface area contributed by atoms with Crippen LogP contribution in [-0.2, 0) is 13.1 Å². The summed E-state index contributed by atoms with van der Waals surface area (Å²) in [6.07, 6.45) is 4.57. The molecule has 0 spiro atoms. The molecule has 0 unspecified atom stereocenters. The highest BCUT2D eigenvalue weighted by molar-refractivity contribution is 6.03. The van der Waals surface area contributed by atoms with E-state index in [1.54, 1.807) is 59.9 Å². The molecule has 0 radical (unpaired) electrons. The molecule has 0 saturated carbocycles. The Morgan fingerprint density at radius 1 is 0.867 bits per heavy atom. The van der Waals surface area contributed by atoms with E-state index >= 15 is 0 Å². The van der Waals surface area contributed by atoms with E-state index in [0.717, 1.165) is 5.56 Å². The van der Waals surface area contributed by atoms with Crippen molar-refractivity contribution in [3.63, 3.8) is 0 Å². The minimum atomic E-state index is -0.379. The number of nitrogens with zero attached hydrogens (tertiary/aromatic N) is 1. The van der Waals surface area contributed by atoms with Gasteiger partial charge in [-0.1, -0.05) is 6.07 Å². The van der Waals surface area contributed by atoms with Crippen LogP contribution in [0.2, 0.25) is 0 Å². The summed E-state index contributed by atoms with van der Waals surface area (Å²) in [7, 11) is 0. The topological polar surface area (TPSA) is 88.8 Å². The Morgan fingerprint density at radius 2 is 1.50 bits per heavy atom. The molecule has 0 aliphatic carbocycles. The maximum Gasteiger partial charge on any atom is 0.291 e. The number of hydrogen-bond donors (Lipinski definition) is 1. The minimum absolute atomic E-state index is 0.198. The summed E-state index contributed by atoms with van der Waals surface area (Å²) in [5, 5.41) is 2.80. The van der Waals surface area contributed by atoms with Crippen molar-refractivity contribution < 1.29 is 22.8 Å². The van der Waals surface area contributed by atoms with Crippen LogP contribution in [0.25, 0.3) is 0 Å². The number of carbonyl (C=O) groups excluding carboxylic acids is 2. The lowest BCUT2D eigenvalue weighted by molar-refractivity contribution is 0.0704. The highest BCUT2D eigenvalue weighted by Gasteiger charge is 2.20. The van der Waals surface area contributed by atoms with E-state index in [1.807, 2.05) is 19.1 Å². The van der Waals surface area contributed by atoms with Gasteiger partial charge in [-0.3, -0.25) is 9.59 Å². The van der Waals surface area contributed by atoms with Crippen LogP contribution in [0.3, 0.4) is 0 Å². The summed E-state index contributed by atoms with van der Waals surface area (Å²) >= 11 is 0. The van der Waals surface area contributed by atoms with Crippen LogP contribution in [-0.4, -0.2) is 16.7 Å². The van der Waals surface area contributed by atoms with E-state index in [-0.39, 0.29) is 30.7 Å². The van der Waals surface area contributed by atoms with Gasteiger partial charge in [0, 0.05) is 11.3 Å². The zero-order chi connectivity index (χ0) is 20.9. The van der Waals surface area contributed by atoms with Gasteiger partial charge >= 0.3 is 0 Å². The summed E-state index contributed by atoms with van der Waals surface area (Å²) in [5.74, 6) is 0.928. The second-order valence-corrected chi connectivity index (χ2v) is 6.78. The number of amides is 2. The number of hydrogen-bond acceptors (Lipinski definition) is 5. The van der Waals surface area contributed by atoms with Gasteiger partial charge in [0.25, 0.3) is 11.8 Å². The molecule has 1 aromatic carbocycles. The summed E-state index contributed by atoms with van der Waals surface area (Å²) in [6, 6.07) is 15.6. The van der Waals surface area contributed by atoms with Crippen LogP contribution in [0.4, 0.5) is 5.69 Å². The summed E-state index contributed by atoms with van der Waals surface area (Å²) in [5.41, 5.74) is 1.81. The van der Waals surface area contributed by atoms with Crippen molar-refractivity contribution in [1.82, 2.24) is 4.90 Å². The normalized spacial score (nSPS) is 10.7. The third kappa shape index (κ3) is 4.35. The predicted octanol–water partition coefficient (Wildman–Crippen LogP) is 4.87. The van der Waals surface area contributed by atoms with E-state index in [1.165, 1.54) is 6.26 Å². The van der Waals surface area contributed by atoms with Gasteiger partial charge in [0.05, 0.1) is 31.9 Å². The molecular weight excluding hydrogens is 384 g/mol. The lowest BCUT2D eigenvalue weighted by Gasteiger charge is -2.21. The second-order valence-electron chi connectivity index (χ2n) is 6.78. The maximum absolute atomic E-state index is 13.3. The first kappa shape index (κ1) is 19.3. The summed E-state index contributed by atoms with van der Waals surface area (Å²) < 4.78 is 16.0. The summed E-state index contributed by atoms with van der Waals surface area (Å²) in [4.78, 5) is 27.3. The SMILES string of the molecule is Cc1ccc(C(=O)N(Cc2ccco2)Cc2ccco2)cc1NC(=O)c1ccco1. The van der Waals surface area contributed by atoms with Gasteiger partial charge in [0.15, 0.2) is 5.76 Å². The average Bonchev–Trinajstić information content (AvgIpc) is 3.52. The number of benzene rings is 1. The Morgan fingerprint density at radius 3 is 2.07 bits per heavy atom. The molecule has 0 atom stereocenters. The monoisotopic (exact) mass is 404 g/mol. The van der Waals surface area contributed by atoms with Crippen molar-refractivity contribution >= 4 is 17.5 Å². The molecule has 0 saturated heterocycles. The lowest BCUT2D eigenvalue weighted by Crippen LogP contribution is -2.30. The molecule has 3 aromatic heterocycles. The van der Waals surface area contributed by atoms with Gasteiger partial charge in [0.2, 0.25) is 0 Å². The standard InChI is InChI=1S/C23H20N2O5/c1-16-8-9-17(13-20(16)24-22(26)21-7-4-12-30-21)23(27)25(14-18-5-2-10-28-18)15-19-6-3-11-29-19/h2-13H,14-15H2,1H3,(H,24,26). The molecular formula is C23H20N2O5. The Balaban J connectivity index is 1.58. The van der Waals surface area contributed by atoms with Gasteiger partial charge < -0.3 is 23.5 Å². The van der Waals surface area contributed by atoms with Crippen molar-refractivity contribution in [1.29, 1.82) is 0 Å². The Kier molecular flexibility index (Phi) is 5.52. The molecule has 2 amide bonds. The van der Waals surface area contributed by atoms with Gasteiger partial charge in [-0.25, -0.2) is 0 Å². The Hall–Kier alpha value is -4.00. The Bertz CT molecular complexity index is 1080. The molecule has 4 aromatic rings. The van der Waals surface area contributed by atoms with Crippen molar-refractivity contribution in [2.45, 2.75) is 20.0 Å². The van der Waals surface area contributed by atoms with Crippen molar-refractivity contribution in [3.8, 4) is 0 Å². The van der Waals surface area contributed by atoms with Crippen LogP contribution in [0.5, 0.6) is 0 Å². The van der Waals surface area contributed by atoms with Crippen LogP contribution in [0.15, 0.2) is 86.6 Å². The van der Waals surface area contributed by atoms with Crippen LogP contribution < -0.4 is 5.32 Å². The molecule has 3 heterocycles. The van der Waals surface area contributed by atoms with Gasteiger partial charge in [-0.2, -0.15) is 0 Å². The number of furan rings is 3. The number of nitrogens with one attached hydrogen (secondary N) is 1. The molecule has 1 N–H and O–H groups in total. The fraction of sp³-hybridized carbons (Fsp3) is 0.130. The smallest absolute Gasteiger partial charge is 0.291 e. The van der Waals surface area contributed by atoms with E-state index in [0.29, 0.717) is 22.8 Å². The third-order valence-corrected chi connectivity index (χ3v) is 4.62. The molecule has 0 aliphatic rings.